The molecular formula is C10H5F4NOS. The Balaban J connectivity index is 2.36. The molecule has 7 heteroatoms. The van der Waals surface area contributed by atoms with Crippen molar-refractivity contribution >= 4 is 11.3 Å². The fourth-order valence-electron chi connectivity index (χ4n) is 1.22. The van der Waals surface area contributed by atoms with Crippen LogP contribution in [0.4, 0.5) is 17.6 Å². The number of hydrogen-bond donors (Lipinski definition) is 0. The summed E-state index contributed by atoms with van der Waals surface area (Å²) in [5.74, 6) is -1.93. The summed E-state index contributed by atoms with van der Waals surface area (Å²) in [5, 5.41) is 1.64. The van der Waals surface area contributed by atoms with Crippen molar-refractivity contribution in [3.05, 3.63) is 34.9 Å². The summed E-state index contributed by atoms with van der Waals surface area (Å²) < 4.78 is 52.6. The van der Waals surface area contributed by atoms with E-state index in [9.17, 15) is 17.6 Å². The molecule has 2 aromatic rings. The van der Waals surface area contributed by atoms with Crippen LogP contribution in [0.3, 0.4) is 0 Å². The highest BCUT2D eigenvalue weighted by molar-refractivity contribution is 7.07. The van der Waals surface area contributed by atoms with Crippen molar-refractivity contribution in [2.75, 3.05) is 0 Å². The van der Waals surface area contributed by atoms with E-state index >= 15 is 0 Å². The van der Waals surface area contributed by atoms with Gasteiger partial charge in [0.15, 0.2) is 11.6 Å². The Morgan fingerprint density at radius 2 is 2.00 bits per heavy atom. The largest absolute Gasteiger partial charge is 0.573 e. The molecule has 0 unspecified atom stereocenters. The maximum absolute atomic E-state index is 13.1. The second kappa shape index (κ2) is 4.33. The topological polar surface area (TPSA) is 22.1 Å². The molecule has 0 fully saturated rings. The third-order valence-corrected chi connectivity index (χ3v) is 2.47. The van der Waals surface area contributed by atoms with Crippen molar-refractivity contribution in [1.82, 2.24) is 4.98 Å². The average molecular weight is 263 g/mol. The van der Waals surface area contributed by atoms with Crippen LogP contribution in [-0.4, -0.2) is 11.3 Å². The quantitative estimate of drug-likeness (QED) is 0.768. The molecule has 0 spiro atoms. The summed E-state index contributed by atoms with van der Waals surface area (Å²) in [6.45, 7) is 0. The van der Waals surface area contributed by atoms with Crippen molar-refractivity contribution < 1.29 is 22.3 Å². The van der Waals surface area contributed by atoms with Gasteiger partial charge in [-0.3, -0.25) is 0 Å². The van der Waals surface area contributed by atoms with Gasteiger partial charge in [-0.1, -0.05) is 0 Å². The van der Waals surface area contributed by atoms with Crippen molar-refractivity contribution in [2.45, 2.75) is 6.36 Å². The molecule has 1 aromatic heterocycles. The van der Waals surface area contributed by atoms with E-state index < -0.39 is 17.9 Å². The highest BCUT2D eigenvalue weighted by Gasteiger charge is 2.32. The molecule has 0 radical (unpaired) electrons. The first-order valence-corrected chi connectivity index (χ1v) is 5.34. The molecule has 90 valence electrons. The number of thiazole rings is 1. The van der Waals surface area contributed by atoms with Crippen LogP contribution >= 0.6 is 11.3 Å². The normalized spacial score (nSPS) is 11.5. The third-order valence-electron chi connectivity index (χ3n) is 1.88. The predicted octanol–water partition coefficient (Wildman–Crippen LogP) is 3.85. The Morgan fingerprint density at radius 3 is 2.59 bits per heavy atom. The minimum absolute atomic E-state index is 0.368. The summed E-state index contributed by atoms with van der Waals surface area (Å²) in [5.41, 5.74) is 2.37. The summed E-state index contributed by atoms with van der Waals surface area (Å²) in [7, 11) is 0. The summed E-state index contributed by atoms with van der Waals surface area (Å²) >= 11 is 1.29. The monoisotopic (exact) mass is 263 g/mol. The maximum atomic E-state index is 13.1. The van der Waals surface area contributed by atoms with Crippen molar-refractivity contribution in [2.24, 2.45) is 0 Å². The Labute approximate surface area is 97.5 Å². The summed E-state index contributed by atoms with van der Waals surface area (Å²) in [6.07, 6.45) is -4.92. The van der Waals surface area contributed by atoms with Crippen LogP contribution in [0.1, 0.15) is 0 Å². The predicted molar refractivity (Wildman–Crippen MR) is 54.2 cm³/mol. The minimum atomic E-state index is -4.92. The van der Waals surface area contributed by atoms with Crippen molar-refractivity contribution in [1.29, 1.82) is 0 Å². The SMILES string of the molecule is Fc1ccc(-c2cscn2)cc1OC(F)(F)F. The Hall–Kier alpha value is -1.63. The van der Waals surface area contributed by atoms with Crippen LogP contribution in [0.5, 0.6) is 5.75 Å². The maximum Gasteiger partial charge on any atom is 0.573 e. The van der Waals surface area contributed by atoms with E-state index in [2.05, 4.69) is 9.72 Å². The van der Waals surface area contributed by atoms with Gasteiger partial charge in [0, 0.05) is 10.9 Å². The molecule has 0 aliphatic heterocycles. The van der Waals surface area contributed by atoms with Gasteiger partial charge < -0.3 is 4.74 Å². The van der Waals surface area contributed by atoms with Crippen LogP contribution in [0, 0.1) is 5.82 Å². The van der Waals surface area contributed by atoms with E-state index in [1.54, 1.807) is 5.38 Å². The second-order valence-corrected chi connectivity index (χ2v) is 3.79. The number of ether oxygens (including phenoxy) is 1. The van der Waals surface area contributed by atoms with Gasteiger partial charge in [-0.25, -0.2) is 9.37 Å². The lowest BCUT2D eigenvalue weighted by Crippen LogP contribution is -2.18. The lowest BCUT2D eigenvalue weighted by atomic mass is 10.1. The van der Waals surface area contributed by atoms with Gasteiger partial charge in [0.1, 0.15) is 0 Å². The first-order valence-electron chi connectivity index (χ1n) is 4.39. The van der Waals surface area contributed by atoms with Gasteiger partial charge >= 0.3 is 6.36 Å². The average Bonchev–Trinajstić information content (AvgIpc) is 2.72. The van der Waals surface area contributed by atoms with Gasteiger partial charge in [0.2, 0.25) is 0 Å². The third kappa shape index (κ3) is 2.94. The zero-order valence-electron chi connectivity index (χ0n) is 8.16. The molecule has 0 saturated heterocycles. The Kier molecular flexibility index (Phi) is 3.01. The van der Waals surface area contributed by atoms with Gasteiger partial charge in [-0.05, 0) is 18.2 Å². The van der Waals surface area contributed by atoms with Gasteiger partial charge in [0.25, 0.3) is 0 Å². The zero-order valence-corrected chi connectivity index (χ0v) is 8.98. The molecule has 0 saturated carbocycles. The highest BCUT2D eigenvalue weighted by atomic mass is 32.1. The first-order chi connectivity index (χ1) is 7.96. The highest BCUT2D eigenvalue weighted by Crippen LogP contribution is 2.30. The summed E-state index contributed by atoms with van der Waals surface area (Å²) in [6, 6.07) is 3.22. The van der Waals surface area contributed by atoms with Gasteiger partial charge in [-0.15, -0.1) is 24.5 Å². The van der Waals surface area contributed by atoms with Crippen LogP contribution in [0.2, 0.25) is 0 Å². The molecule has 17 heavy (non-hydrogen) atoms. The first kappa shape index (κ1) is 11.8. The van der Waals surface area contributed by atoms with Crippen molar-refractivity contribution in [3.8, 4) is 17.0 Å². The Bertz CT molecular complexity index is 510. The fourth-order valence-corrected chi connectivity index (χ4v) is 1.78. The number of hydrogen-bond acceptors (Lipinski definition) is 3. The second-order valence-electron chi connectivity index (χ2n) is 3.07. The molecule has 2 rings (SSSR count). The molecular weight excluding hydrogens is 258 g/mol. The fraction of sp³-hybridized carbons (Fsp3) is 0.100. The number of aromatic nitrogens is 1. The summed E-state index contributed by atoms with van der Waals surface area (Å²) in [4.78, 5) is 3.91. The molecule has 0 amide bonds. The lowest BCUT2D eigenvalue weighted by molar-refractivity contribution is -0.275. The number of rotatable bonds is 2. The molecule has 0 atom stereocenters. The minimum Gasteiger partial charge on any atom is -0.403 e. The smallest absolute Gasteiger partial charge is 0.403 e. The van der Waals surface area contributed by atoms with Gasteiger partial charge in [0.05, 0.1) is 11.2 Å². The van der Waals surface area contributed by atoms with Crippen LogP contribution in [-0.2, 0) is 0 Å². The van der Waals surface area contributed by atoms with Gasteiger partial charge in [-0.2, -0.15) is 0 Å². The molecule has 0 bridgehead atoms. The van der Waals surface area contributed by atoms with Crippen LogP contribution in [0.25, 0.3) is 11.3 Å². The lowest BCUT2D eigenvalue weighted by Gasteiger charge is -2.10. The van der Waals surface area contributed by atoms with Crippen LogP contribution in [0.15, 0.2) is 29.1 Å². The van der Waals surface area contributed by atoms with E-state index in [0.29, 0.717) is 11.3 Å². The molecule has 1 heterocycles. The van der Waals surface area contributed by atoms with E-state index in [4.69, 9.17) is 0 Å². The van der Waals surface area contributed by atoms with E-state index in [0.717, 1.165) is 12.1 Å². The number of nitrogens with zero attached hydrogens (tertiary/aromatic N) is 1. The number of alkyl halides is 3. The van der Waals surface area contributed by atoms with Crippen molar-refractivity contribution in [3.63, 3.8) is 0 Å². The number of benzene rings is 1. The van der Waals surface area contributed by atoms with Crippen LogP contribution < -0.4 is 4.74 Å². The van der Waals surface area contributed by atoms with E-state index in [1.807, 2.05) is 0 Å². The Morgan fingerprint density at radius 1 is 1.24 bits per heavy atom. The molecule has 0 aliphatic rings. The van der Waals surface area contributed by atoms with E-state index in [1.165, 1.54) is 22.9 Å². The number of halogens is 4. The molecule has 0 aliphatic carbocycles. The van der Waals surface area contributed by atoms with E-state index in [-0.39, 0.29) is 0 Å². The molecule has 1 aromatic carbocycles. The molecule has 0 N–H and O–H groups in total. The standard InChI is InChI=1S/C10H5F4NOS/c11-7-2-1-6(8-4-17-5-15-8)3-9(7)16-10(12,13)14/h1-5H. The molecule has 2 nitrogen and oxygen atoms in total. The zero-order chi connectivity index (χ0) is 12.5.